The van der Waals surface area contributed by atoms with Gasteiger partial charge in [-0.2, -0.15) is 0 Å². The standard InChI is InChI=1S/C13H14N2O/c14-13-4-2-1-3-11(13)7-10-16-12-5-8-15-9-6-12/h1-6,8-9H,7,10,14H2. The maximum Gasteiger partial charge on any atom is 0.122 e. The average Bonchev–Trinajstić information content (AvgIpc) is 2.33. The number of ether oxygens (including phenoxy) is 1. The van der Waals surface area contributed by atoms with Crippen LogP contribution in [0.1, 0.15) is 5.56 Å². The molecule has 0 aliphatic rings. The van der Waals surface area contributed by atoms with Crippen LogP contribution < -0.4 is 10.5 Å². The van der Waals surface area contributed by atoms with Gasteiger partial charge in [0.2, 0.25) is 0 Å². The quantitative estimate of drug-likeness (QED) is 0.794. The Balaban J connectivity index is 1.87. The first-order valence-electron chi connectivity index (χ1n) is 5.22. The molecule has 0 atom stereocenters. The van der Waals surface area contributed by atoms with Crippen molar-refractivity contribution in [3.05, 3.63) is 54.4 Å². The molecule has 3 heteroatoms. The summed E-state index contributed by atoms with van der Waals surface area (Å²) in [4.78, 5) is 3.93. The first-order valence-corrected chi connectivity index (χ1v) is 5.22. The SMILES string of the molecule is Nc1ccccc1CCOc1ccncc1. The van der Waals surface area contributed by atoms with Crippen molar-refractivity contribution >= 4 is 5.69 Å². The van der Waals surface area contributed by atoms with Gasteiger partial charge < -0.3 is 10.5 Å². The maximum absolute atomic E-state index is 5.83. The molecule has 2 aromatic rings. The maximum atomic E-state index is 5.83. The van der Waals surface area contributed by atoms with Crippen molar-refractivity contribution in [2.75, 3.05) is 12.3 Å². The monoisotopic (exact) mass is 214 g/mol. The van der Waals surface area contributed by atoms with E-state index in [2.05, 4.69) is 4.98 Å². The molecule has 0 bridgehead atoms. The summed E-state index contributed by atoms with van der Waals surface area (Å²) >= 11 is 0. The molecule has 0 unspecified atom stereocenters. The van der Waals surface area contributed by atoms with Crippen LogP contribution in [-0.4, -0.2) is 11.6 Å². The lowest BCUT2D eigenvalue weighted by atomic mass is 10.1. The van der Waals surface area contributed by atoms with Crippen LogP contribution in [0.2, 0.25) is 0 Å². The van der Waals surface area contributed by atoms with Crippen molar-refractivity contribution in [3.63, 3.8) is 0 Å². The molecular formula is C13H14N2O. The molecule has 0 saturated carbocycles. The topological polar surface area (TPSA) is 48.1 Å². The van der Waals surface area contributed by atoms with Crippen LogP contribution in [0.4, 0.5) is 5.69 Å². The smallest absolute Gasteiger partial charge is 0.122 e. The van der Waals surface area contributed by atoms with E-state index in [1.807, 2.05) is 36.4 Å². The highest BCUT2D eigenvalue weighted by Gasteiger charge is 1.98. The molecule has 1 aromatic heterocycles. The van der Waals surface area contributed by atoms with E-state index < -0.39 is 0 Å². The largest absolute Gasteiger partial charge is 0.493 e. The Morgan fingerprint density at radius 1 is 1.06 bits per heavy atom. The number of rotatable bonds is 4. The van der Waals surface area contributed by atoms with Crippen LogP contribution in [0.25, 0.3) is 0 Å². The molecule has 0 aliphatic carbocycles. The van der Waals surface area contributed by atoms with Gasteiger partial charge in [0, 0.05) is 24.5 Å². The molecule has 0 radical (unpaired) electrons. The van der Waals surface area contributed by atoms with Gasteiger partial charge in [-0.15, -0.1) is 0 Å². The molecule has 0 saturated heterocycles. The van der Waals surface area contributed by atoms with Crippen LogP contribution >= 0.6 is 0 Å². The van der Waals surface area contributed by atoms with E-state index in [1.54, 1.807) is 12.4 Å². The highest BCUT2D eigenvalue weighted by atomic mass is 16.5. The third-order valence-corrected chi connectivity index (χ3v) is 2.34. The Hall–Kier alpha value is -2.03. The van der Waals surface area contributed by atoms with Crippen LogP contribution in [0.5, 0.6) is 5.75 Å². The minimum Gasteiger partial charge on any atom is -0.493 e. The van der Waals surface area contributed by atoms with Gasteiger partial charge in [0.25, 0.3) is 0 Å². The molecule has 0 amide bonds. The summed E-state index contributed by atoms with van der Waals surface area (Å²) in [6.07, 6.45) is 4.24. The number of nitrogens with two attached hydrogens (primary N) is 1. The first kappa shape index (κ1) is 10.5. The molecule has 0 aliphatic heterocycles. The van der Waals surface area contributed by atoms with Crippen LogP contribution in [0.3, 0.4) is 0 Å². The highest BCUT2D eigenvalue weighted by molar-refractivity contribution is 5.46. The molecule has 2 N–H and O–H groups in total. The molecule has 2 rings (SSSR count). The minimum atomic E-state index is 0.623. The van der Waals surface area contributed by atoms with Crippen LogP contribution in [0, 0.1) is 0 Å². The average molecular weight is 214 g/mol. The van der Waals surface area contributed by atoms with Crippen LogP contribution in [-0.2, 0) is 6.42 Å². The van der Waals surface area contributed by atoms with E-state index in [-0.39, 0.29) is 0 Å². The second-order valence-electron chi connectivity index (χ2n) is 3.48. The molecule has 16 heavy (non-hydrogen) atoms. The third kappa shape index (κ3) is 2.73. The summed E-state index contributed by atoms with van der Waals surface area (Å²) in [7, 11) is 0. The fourth-order valence-corrected chi connectivity index (χ4v) is 1.48. The number of hydrogen-bond donors (Lipinski definition) is 1. The van der Waals surface area contributed by atoms with E-state index in [0.717, 1.165) is 23.4 Å². The summed E-state index contributed by atoms with van der Waals surface area (Å²) in [5.41, 5.74) is 7.78. The van der Waals surface area contributed by atoms with Gasteiger partial charge in [-0.05, 0) is 23.8 Å². The molecule has 82 valence electrons. The summed E-state index contributed by atoms with van der Waals surface area (Å²) in [6.45, 7) is 0.623. The highest BCUT2D eigenvalue weighted by Crippen LogP contribution is 2.12. The van der Waals surface area contributed by atoms with E-state index in [4.69, 9.17) is 10.5 Å². The number of para-hydroxylation sites is 1. The lowest BCUT2D eigenvalue weighted by Gasteiger charge is -2.07. The number of anilines is 1. The number of pyridine rings is 1. The second kappa shape index (κ2) is 5.16. The van der Waals surface area contributed by atoms with Crippen molar-refractivity contribution < 1.29 is 4.74 Å². The summed E-state index contributed by atoms with van der Waals surface area (Å²) in [6, 6.07) is 11.5. The summed E-state index contributed by atoms with van der Waals surface area (Å²) in [5, 5.41) is 0. The predicted molar refractivity (Wildman–Crippen MR) is 64.3 cm³/mol. The zero-order valence-corrected chi connectivity index (χ0v) is 8.97. The Labute approximate surface area is 94.9 Å². The zero-order chi connectivity index (χ0) is 11.2. The molecule has 0 fully saturated rings. The normalized spacial score (nSPS) is 10.0. The first-order chi connectivity index (χ1) is 7.86. The minimum absolute atomic E-state index is 0.623. The van der Waals surface area contributed by atoms with Crippen molar-refractivity contribution in [2.24, 2.45) is 0 Å². The fourth-order valence-electron chi connectivity index (χ4n) is 1.48. The summed E-state index contributed by atoms with van der Waals surface area (Å²) < 4.78 is 5.57. The van der Waals surface area contributed by atoms with Crippen LogP contribution in [0.15, 0.2) is 48.8 Å². The molecule has 1 aromatic carbocycles. The fraction of sp³-hybridized carbons (Fsp3) is 0.154. The zero-order valence-electron chi connectivity index (χ0n) is 8.97. The van der Waals surface area contributed by atoms with Crippen molar-refractivity contribution in [3.8, 4) is 5.75 Å². The third-order valence-electron chi connectivity index (χ3n) is 2.34. The van der Waals surface area contributed by atoms with E-state index in [1.165, 1.54) is 0 Å². The van der Waals surface area contributed by atoms with E-state index in [0.29, 0.717) is 6.61 Å². The Morgan fingerprint density at radius 3 is 2.56 bits per heavy atom. The summed E-state index contributed by atoms with van der Waals surface area (Å²) in [5.74, 6) is 0.838. The van der Waals surface area contributed by atoms with Gasteiger partial charge in [0.15, 0.2) is 0 Å². The van der Waals surface area contributed by atoms with Crippen molar-refractivity contribution in [1.29, 1.82) is 0 Å². The lowest BCUT2D eigenvalue weighted by molar-refractivity contribution is 0.322. The van der Waals surface area contributed by atoms with Gasteiger partial charge in [-0.1, -0.05) is 18.2 Å². The Bertz CT molecular complexity index is 443. The molecule has 1 heterocycles. The predicted octanol–water partition coefficient (Wildman–Crippen LogP) is 2.29. The Kier molecular flexibility index (Phi) is 3.38. The van der Waals surface area contributed by atoms with Gasteiger partial charge >= 0.3 is 0 Å². The molecule has 0 spiro atoms. The van der Waals surface area contributed by atoms with Gasteiger partial charge in [-0.25, -0.2) is 0 Å². The van der Waals surface area contributed by atoms with Gasteiger partial charge in [0.05, 0.1) is 6.61 Å². The second-order valence-corrected chi connectivity index (χ2v) is 3.48. The number of nitrogens with zero attached hydrogens (tertiary/aromatic N) is 1. The van der Waals surface area contributed by atoms with E-state index in [9.17, 15) is 0 Å². The number of hydrogen-bond acceptors (Lipinski definition) is 3. The number of aromatic nitrogens is 1. The number of nitrogen functional groups attached to an aromatic ring is 1. The Morgan fingerprint density at radius 2 is 1.81 bits per heavy atom. The lowest BCUT2D eigenvalue weighted by Crippen LogP contribution is -2.03. The van der Waals surface area contributed by atoms with Gasteiger partial charge in [-0.3, -0.25) is 4.98 Å². The van der Waals surface area contributed by atoms with Gasteiger partial charge in [0.1, 0.15) is 5.75 Å². The van der Waals surface area contributed by atoms with E-state index >= 15 is 0 Å². The number of benzene rings is 1. The molecular weight excluding hydrogens is 200 g/mol. The van der Waals surface area contributed by atoms with Crippen molar-refractivity contribution in [1.82, 2.24) is 4.98 Å². The van der Waals surface area contributed by atoms with Crippen molar-refractivity contribution in [2.45, 2.75) is 6.42 Å². The molecule has 3 nitrogen and oxygen atoms in total.